The van der Waals surface area contributed by atoms with Gasteiger partial charge in [0.1, 0.15) is 0 Å². The van der Waals surface area contributed by atoms with E-state index in [-0.39, 0.29) is 23.5 Å². The Balaban J connectivity index is 1.74. The Kier molecular flexibility index (Phi) is 4.90. The highest BCUT2D eigenvalue weighted by Crippen LogP contribution is 2.29. The summed E-state index contributed by atoms with van der Waals surface area (Å²) >= 11 is 0. The maximum atomic E-state index is 13.7. The Morgan fingerprint density at radius 1 is 0.625 bits per heavy atom. The molecule has 0 bridgehead atoms. The van der Waals surface area contributed by atoms with Crippen LogP contribution in [0.4, 0.5) is 5.69 Å². The third-order valence-electron chi connectivity index (χ3n) is 5.92. The molecule has 1 aliphatic heterocycles. The molecule has 0 saturated heterocycles. The second-order valence-electron chi connectivity index (χ2n) is 8.10. The number of fused-ring (bicyclic) bond motifs is 1. The first-order valence-corrected chi connectivity index (χ1v) is 10.6. The summed E-state index contributed by atoms with van der Waals surface area (Å²) in [7, 11) is 3.90. The molecule has 0 radical (unpaired) electrons. The van der Waals surface area contributed by atoms with Crippen LogP contribution >= 0.6 is 0 Å². The van der Waals surface area contributed by atoms with Gasteiger partial charge in [0.25, 0.3) is 0 Å². The summed E-state index contributed by atoms with van der Waals surface area (Å²) < 4.78 is 4.42. The maximum Gasteiger partial charge on any atom is 0.352 e. The van der Waals surface area contributed by atoms with Gasteiger partial charge in [-0.05, 0) is 35.4 Å². The first kappa shape index (κ1) is 19.9. The van der Waals surface area contributed by atoms with Gasteiger partial charge in [0.2, 0.25) is 0 Å². The van der Waals surface area contributed by atoms with Gasteiger partial charge < -0.3 is 4.90 Å². The predicted octanol–water partition coefficient (Wildman–Crippen LogP) is 3.62. The number of anilines is 1. The fraction of sp³-hybridized carbons (Fsp3) is 0.154. The average Bonchev–Trinajstić information content (AvgIpc) is 3.10. The summed E-state index contributed by atoms with van der Waals surface area (Å²) in [5, 5.41) is 0. The molecule has 0 amide bonds. The van der Waals surface area contributed by atoms with Gasteiger partial charge in [-0.1, -0.05) is 72.8 Å². The normalized spacial score (nSPS) is 17.2. The molecule has 5 rings (SSSR count). The molecule has 0 aliphatic carbocycles. The van der Waals surface area contributed by atoms with Gasteiger partial charge in [-0.15, -0.1) is 0 Å². The summed E-state index contributed by atoms with van der Waals surface area (Å²) in [6.45, 7) is 0. The molecular weight excluding hydrogens is 400 g/mol. The fourth-order valence-corrected chi connectivity index (χ4v) is 4.28. The lowest BCUT2D eigenvalue weighted by Crippen LogP contribution is -2.36. The zero-order valence-corrected chi connectivity index (χ0v) is 18.0. The van der Waals surface area contributed by atoms with Gasteiger partial charge in [-0.25, -0.2) is 23.5 Å². The second kappa shape index (κ2) is 7.89. The lowest BCUT2D eigenvalue weighted by Gasteiger charge is -2.27. The second-order valence-corrected chi connectivity index (χ2v) is 8.10. The number of aromatic nitrogens is 3. The lowest BCUT2D eigenvalue weighted by molar-refractivity contribution is 0.402. The molecule has 6 heteroatoms. The summed E-state index contributed by atoms with van der Waals surface area (Å²) in [5.74, 6) is 0. The highest BCUT2D eigenvalue weighted by molar-refractivity contribution is 5.49. The third-order valence-corrected chi connectivity index (χ3v) is 5.92. The van der Waals surface area contributed by atoms with Crippen LogP contribution in [-0.2, 0) is 0 Å². The van der Waals surface area contributed by atoms with Crippen molar-refractivity contribution in [3.8, 4) is 5.69 Å². The molecule has 3 aromatic carbocycles. The van der Waals surface area contributed by atoms with E-state index in [9.17, 15) is 9.59 Å². The van der Waals surface area contributed by atoms with E-state index in [1.165, 1.54) is 4.57 Å². The van der Waals surface area contributed by atoms with Crippen LogP contribution in [0.1, 0.15) is 23.2 Å². The number of benzene rings is 3. The molecule has 6 nitrogen and oxygen atoms in total. The van der Waals surface area contributed by atoms with Gasteiger partial charge in [-0.2, -0.15) is 0 Å². The van der Waals surface area contributed by atoms with E-state index in [0.29, 0.717) is 5.69 Å². The first-order chi connectivity index (χ1) is 15.6. The van der Waals surface area contributed by atoms with Crippen LogP contribution in [0.25, 0.3) is 5.69 Å². The molecule has 32 heavy (non-hydrogen) atoms. The Hall–Kier alpha value is -4.06. The molecule has 2 unspecified atom stereocenters. The number of hydrogen-bond donors (Lipinski definition) is 0. The minimum Gasteiger partial charge on any atom is -0.378 e. The fourth-order valence-electron chi connectivity index (χ4n) is 4.28. The Morgan fingerprint density at radius 3 is 1.47 bits per heavy atom. The van der Waals surface area contributed by atoms with Crippen molar-refractivity contribution in [3.05, 3.63) is 129 Å². The Labute approximate surface area is 185 Å². The molecule has 1 aromatic heterocycles. The predicted molar refractivity (Wildman–Crippen MR) is 127 cm³/mol. The van der Waals surface area contributed by atoms with E-state index in [2.05, 4.69) is 0 Å². The molecular formula is C26H24N4O2. The first-order valence-electron chi connectivity index (χ1n) is 10.6. The van der Waals surface area contributed by atoms with Crippen LogP contribution in [0.15, 0.2) is 107 Å². The van der Waals surface area contributed by atoms with Crippen LogP contribution < -0.4 is 16.3 Å². The van der Waals surface area contributed by atoms with Gasteiger partial charge in [0.15, 0.2) is 0 Å². The summed E-state index contributed by atoms with van der Waals surface area (Å²) in [4.78, 5) is 29.3. The highest BCUT2D eigenvalue weighted by atomic mass is 16.2. The Bertz CT molecular complexity index is 1300. The van der Waals surface area contributed by atoms with E-state index < -0.39 is 0 Å². The summed E-state index contributed by atoms with van der Waals surface area (Å²) in [6.07, 6.45) is 4.01. The molecule has 0 fully saturated rings. The minimum atomic E-state index is -0.362. The topological polar surface area (TPSA) is 52.2 Å². The van der Waals surface area contributed by atoms with E-state index in [1.54, 1.807) is 9.36 Å². The summed E-state index contributed by atoms with van der Waals surface area (Å²) in [5.41, 5.74) is 2.74. The van der Waals surface area contributed by atoms with Crippen molar-refractivity contribution in [2.75, 3.05) is 19.0 Å². The van der Waals surface area contributed by atoms with Gasteiger partial charge in [0, 0.05) is 19.8 Å². The molecule has 0 spiro atoms. The maximum absolute atomic E-state index is 13.7. The highest BCUT2D eigenvalue weighted by Gasteiger charge is 2.30. The molecule has 0 saturated carbocycles. The minimum absolute atomic E-state index is 0.355. The zero-order chi connectivity index (χ0) is 22.2. The van der Waals surface area contributed by atoms with Gasteiger partial charge >= 0.3 is 11.4 Å². The monoisotopic (exact) mass is 424 g/mol. The van der Waals surface area contributed by atoms with Crippen molar-refractivity contribution in [1.82, 2.24) is 13.9 Å². The molecule has 160 valence electrons. The van der Waals surface area contributed by atoms with E-state index >= 15 is 0 Å². The van der Waals surface area contributed by atoms with Crippen LogP contribution in [-0.4, -0.2) is 28.0 Å². The molecule has 2 heterocycles. The largest absolute Gasteiger partial charge is 0.378 e. The number of rotatable bonds is 4. The summed E-state index contributed by atoms with van der Waals surface area (Å²) in [6, 6.07) is 26.3. The van der Waals surface area contributed by atoms with E-state index in [1.807, 2.05) is 116 Å². The SMILES string of the molecule is CN(C)c1ccc(-n2c(=O)n3n(c2=O)C(c2ccccc2)C=CC3c2ccccc2)cc1. The van der Waals surface area contributed by atoms with Crippen LogP contribution in [0, 0.1) is 0 Å². The lowest BCUT2D eigenvalue weighted by atomic mass is 10.0. The molecule has 1 aliphatic rings. The molecule has 2 atom stereocenters. The molecule has 0 N–H and O–H groups in total. The van der Waals surface area contributed by atoms with Gasteiger partial charge in [-0.3, -0.25) is 0 Å². The smallest absolute Gasteiger partial charge is 0.352 e. The van der Waals surface area contributed by atoms with Crippen molar-refractivity contribution in [2.24, 2.45) is 0 Å². The zero-order valence-electron chi connectivity index (χ0n) is 18.0. The average molecular weight is 425 g/mol. The van der Waals surface area contributed by atoms with Crippen molar-refractivity contribution in [2.45, 2.75) is 12.1 Å². The van der Waals surface area contributed by atoms with Crippen molar-refractivity contribution >= 4 is 5.69 Å². The third kappa shape index (κ3) is 3.21. The van der Waals surface area contributed by atoms with Crippen molar-refractivity contribution < 1.29 is 0 Å². The number of allylic oxidation sites excluding steroid dienone is 2. The van der Waals surface area contributed by atoms with E-state index in [4.69, 9.17) is 0 Å². The Morgan fingerprint density at radius 2 is 1.06 bits per heavy atom. The van der Waals surface area contributed by atoms with Crippen LogP contribution in [0.2, 0.25) is 0 Å². The van der Waals surface area contributed by atoms with Crippen LogP contribution in [0.3, 0.4) is 0 Å². The van der Waals surface area contributed by atoms with Crippen molar-refractivity contribution in [3.63, 3.8) is 0 Å². The van der Waals surface area contributed by atoms with E-state index in [0.717, 1.165) is 16.8 Å². The standard InChI is InChI=1S/C26H24N4O2/c1-27(2)21-13-15-22(16-14-21)28-25(31)29-23(19-9-5-3-6-10-19)17-18-24(30(29)26(28)32)20-11-7-4-8-12-20/h3-18,23-24H,1-2H3. The quantitative estimate of drug-likeness (QED) is 0.470. The van der Waals surface area contributed by atoms with Gasteiger partial charge in [0.05, 0.1) is 17.8 Å². The van der Waals surface area contributed by atoms with Crippen molar-refractivity contribution in [1.29, 1.82) is 0 Å². The number of nitrogens with zero attached hydrogens (tertiary/aromatic N) is 4. The number of hydrogen-bond acceptors (Lipinski definition) is 3. The molecule has 4 aromatic rings. The van der Waals surface area contributed by atoms with Crippen LogP contribution in [0.5, 0.6) is 0 Å².